The molecule has 1 saturated carbocycles. The van der Waals surface area contributed by atoms with Crippen molar-refractivity contribution in [2.45, 2.75) is 38.1 Å². The minimum Gasteiger partial charge on any atom is -0.345 e. The summed E-state index contributed by atoms with van der Waals surface area (Å²) in [5, 5.41) is 3.07. The van der Waals surface area contributed by atoms with E-state index in [0.29, 0.717) is 6.54 Å². The molecule has 2 rings (SSSR count). The molecule has 1 fully saturated rings. The molecule has 0 aliphatic heterocycles. The summed E-state index contributed by atoms with van der Waals surface area (Å²) in [6.45, 7) is 2.64. The normalized spacial score (nSPS) is 17.3. The van der Waals surface area contributed by atoms with Crippen LogP contribution in [0.25, 0.3) is 0 Å². The molecule has 3 heteroatoms. The van der Waals surface area contributed by atoms with Gasteiger partial charge in [0, 0.05) is 12.1 Å². The lowest BCUT2D eigenvalue weighted by atomic mass is 9.76. The molecule has 1 amide bonds. The third-order valence-corrected chi connectivity index (χ3v) is 3.70. The number of nitrogens with two attached hydrogens (primary N) is 1. The Hall–Kier alpha value is -1.35. The van der Waals surface area contributed by atoms with Crippen LogP contribution in [0.15, 0.2) is 24.3 Å². The molecule has 0 spiro atoms. The average molecular weight is 232 g/mol. The molecule has 0 heterocycles. The first-order chi connectivity index (χ1) is 8.19. The van der Waals surface area contributed by atoms with E-state index in [9.17, 15) is 4.79 Å². The Morgan fingerprint density at radius 3 is 2.41 bits per heavy atom. The summed E-state index contributed by atoms with van der Waals surface area (Å²) in [6.07, 6.45) is 4.16. The van der Waals surface area contributed by atoms with Crippen molar-refractivity contribution >= 4 is 5.91 Å². The first-order valence-corrected chi connectivity index (χ1v) is 6.31. The molecule has 92 valence electrons. The Labute approximate surface area is 102 Å². The van der Waals surface area contributed by atoms with Crippen LogP contribution >= 0.6 is 0 Å². The summed E-state index contributed by atoms with van der Waals surface area (Å²) >= 11 is 0. The Bertz CT molecular complexity index is 388. The fourth-order valence-electron chi connectivity index (χ4n) is 2.19. The van der Waals surface area contributed by atoms with Crippen LogP contribution < -0.4 is 11.1 Å². The molecular weight excluding hydrogens is 212 g/mol. The third-order valence-electron chi connectivity index (χ3n) is 3.70. The van der Waals surface area contributed by atoms with Gasteiger partial charge in [0.25, 0.3) is 5.91 Å². The maximum atomic E-state index is 12.0. The Balaban J connectivity index is 2.03. The highest BCUT2D eigenvalue weighted by Gasteiger charge is 2.36. The second kappa shape index (κ2) is 4.88. The molecule has 0 unspecified atom stereocenters. The van der Waals surface area contributed by atoms with E-state index in [2.05, 4.69) is 12.2 Å². The van der Waals surface area contributed by atoms with Crippen molar-refractivity contribution in [1.82, 2.24) is 5.32 Å². The molecule has 1 aliphatic rings. The van der Waals surface area contributed by atoms with Crippen molar-refractivity contribution in [3.05, 3.63) is 35.4 Å². The zero-order valence-electron chi connectivity index (χ0n) is 10.3. The highest BCUT2D eigenvalue weighted by atomic mass is 16.1. The van der Waals surface area contributed by atoms with Crippen LogP contribution in [0.3, 0.4) is 0 Å². The fraction of sp³-hybridized carbons (Fsp3) is 0.500. The Kier molecular flexibility index (Phi) is 3.48. The highest BCUT2D eigenvalue weighted by Crippen LogP contribution is 2.30. The molecular formula is C14H20N2O. The second-order valence-electron chi connectivity index (χ2n) is 4.84. The molecule has 1 aromatic rings. The summed E-state index contributed by atoms with van der Waals surface area (Å²) in [7, 11) is 0. The minimum absolute atomic E-state index is 0.00203. The molecule has 1 aromatic carbocycles. The van der Waals surface area contributed by atoms with E-state index in [1.54, 1.807) is 0 Å². The van der Waals surface area contributed by atoms with E-state index in [4.69, 9.17) is 5.73 Å². The summed E-state index contributed by atoms with van der Waals surface area (Å²) in [5.74, 6) is -0.00203. The van der Waals surface area contributed by atoms with Gasteiger partial charge in [-0.15, -0.1) is 0 Å². The van der Waals surface area contributed by atoms with Crippen molar-refractivity contribution in [1.29, 1.82) is 0 Å². The van der Waals surface area contributed by atoms with Gasteiger partial charge in [-0.2, -0.15) is 0 Å². The number of carbonyl (C=O) groups excluding carboxylic acids is 1. The monoisotopic (exact) mass is 232 g/mol. The highest BCUT2D eigenvalue weighted by molar-refractivity contribution is 5.94. The number of benzene rings is 1. The fourth-order valence-corrected chi connectivity index (χ4v) is 2.19. The first-order valence-electron chi connectivity index (χ1n) is 6.31. The van der Waals surface area contributed by atoms with Gasteiger partial charge in [-0.05, 0) is 43.4 Å². The van der Waals surface area contributed by atoms with E-state index in [1.807, 2.05) is 24.3 Å². The average Bonchev–Trinajstić information content (AvgIpc) is 2.33. The maximum Gasteiger partial charge on any atom is 0.251 e. The van der Waals surface area contributed by atoms with Gasteiger partial charge >= 0.3 is 0 Å². The van der Waals surface area contributed by atoms with Gasteiger partial charge in [-0.3, -0.25) is 4.79 Å². The van der Waals surface area contributed by atoms with Crippen LogP contribution in [0.4, 0.5) is 0 Å². The van der Waals surface area contributed by atoms with Crippen LogP contribution in [0.5, 0.6) is 0 Å². The number of carbonyl (C=O) groups is 1. The molecule has 0 atom stereocenters. The van der Waals surface area contributed by atoms with Crippen LogP contribution in [0.2, 0.25) is 0 Å². The summed E-state index contributed by atoms with van der Waals surface area (Å²) in [6, 6.07) is 7.78. The number of hydrogen-bond donors (Lipinski definition) is 2. The largest absolute Gasteiger partial charge is 0.345 e. The lowest BCUT2D eigenvalue weighted by molar-refractivity contribution is 0.0837. The predicted octanol–water partition coefficient (Wildman–Crippen LogP) is 1.86. The third kappa shape index (κ3) is 2.50. The smallest absolute Gasteiger partial charge is 0.251 e. The summed E-state index contributed by atoms with van der Waals surface area (Å²) in [5.41, 5.74) is 7.56. The van der Waals surface area contributed by atoms with Gasteiger partial charge in [0.15, 0.2) is 0 Å². The van der Waals surface area contributed by atoms with Gasteiger partial charge in [0.2, 0.25) is 0 Å². The number of rotatable bonds is 4. The lowest BCUT2D eigenvalue weighted by Gasteiger charge is -2.41. The van der Waals surface area contributed by atoms with E-state index >= 15 is 0 Å². The second-order valence-corrected chi connectivity index (χ2v) is 4.84. The molecule has 0 bridgehead atoms. The van der Waals surface area contributed by atoms with E-state index < -0.39 is 0 Å². The van der Waals surface area contributed by atoms with Gasteiger partial charge in [0.1, 0.15) is 0 Å². The van der Waals surface area contributed by atoms with Gasteiger partial charge in [-0.25, -0.2) is 0 Å². The molecule has 0 radical (unpaired) electrons. The van der Waals surface area contributed by atoms with Crippen LogP contribution in [0.1, 0.15) is 42.1 Å². The Morgan fingerprint density at radius 1 is 1.35 bits per heavy atom. The zero-order valence-corrected chi connectivity index (χ0v) is 10.3. The molecule has 3 N–H and O–H groups in total. The van der Waals surface area contributed by atoms with Crippen molar-refractivity contribution < 1.29 is 4.79 Å². The van der Waals surface area contributed by atoms with E-state index in [-0.39, 0.29) is 11.4 Å². The van der Waals surface area contributed by atoms with Crippen LogP contribution in [0, 0.1) is 0 Å². The molecule has 0 aromatic heterocycles. The van der Waals surface area contributed by atoms with E-state index in [0.717, 1.165) is 31.2 Å². The first kappa shape index (κ1) is 12.1. The van der Waals surface area contributed by atoms with E-state index in [1.165, 1.54) is 5.56 Å². The summed E-state index contributed by atoms with van der Waals surface area (Å²) in [4.78, 5) is 12.0. The molecule has 0 saturated heterocycles. The topological polar surface area (TPSA) is 55.1 Å². The maximum absolute atomic E-state index is 12.0. The van der Waals surface area contributed by atoms with Crippen LogP contribution in [-0.4, -0.2) is 18.0 Å². The van der Waals surface area contributed by atoms with Crippen molar-refractivity contribution in [3.8, 4) is 0 Å². The molecule has 17 heavy (non-hydrogen) atoms. The summed E-state index contributed by atoms with van der Waals surface area (Å²) < 4.78 is 0. The van der Waals surface area contributed by atoms with Crippen LogP contribution in [-0.2, 0) is 6.42 Å². The molecule has 3 nitrogen and oxygen atoms in total. The Morgan fingerprint density at radius 2 is 2.00 bits per heavy atom. The number of aryl methyl sites for hydroxylation is 1. The standard InChI is InChI=1S/C14H20N2O/c1-2-11-4-6-12(7-5-11)13(17)16-14(10-15)8-3-9-14/h4-7H,2-3,8-10,15H2,1H3,(H,16,17). The van der Waals surface area contributed by atoms with Gasteiger partial charge in [-0.1, -0.05) is 19.1 Å². The quantitative estimate of drug-likeness (QED) is 0.832. The van der Waals surface area contributed by atoms with Gasteiger partial charge < -0.3 is 11.1 Å². The molecule has 1 aliphatic carbocycles. The van der Waals surface area contributed by atoms with Crippen molar-refractivity contribution in [2.75, 3.05) is 6.54 Å². The minimum atomic E-state index is -0.138. The van der Waals surface area contributed by atoms with Crippen molar-refractivity contribution in [2.24, 2.45) is 5.73 Å². The SMILES string of the molecule is CCc1ccc(C(=O)NC2(CN)CCC2)cc1. The van der Waals surface area contributed by atoms with Crippen molar-refractivity contribution in [3.63, 3.8) is 0 Å². The van der Waals surface area contributed by atoms with Gasteiger partial charge in [0.05, 0.1) is 5.54 Å². The zero-order chi connectivity index (χ0) is 12.3. The predicted molar refractivity (Wildman–Crippen MR) is 68.9 cm³/mol. The number of hydrogen-bond acceptors (Lipinski definition) is 2. The number of nitrogens with one attached hydrogen (secondary N) is 1. The number of amides is 1. The lowest BCUT2D eigenvalue weighted by Crippen LogP contribution is -2.58.